The summed E-state index contributed by atoms with van der Waals surface area (Å²) in [6.07, 6.45) is -2.91. The molecular weight excluding hydrogens is 528 g/mol. The molecule has 1 aromatic heterocycles. The maximum Gasteiger partial charge on any atom is 0.422 e. The minimum Gasteiger partial charge on any atom is -0.484 e. The van der Waals surface area contributed by atoms with Crippen LogP contribution in [-0.2, 0) is 6.54 Å². The first kappa shape index (κ1) is 24.8. The number of nitrogens with zero attached hydrogens (tertiary/aromatic N) is 3. The number of amides is 1. The molecule has 0 atom stereocenters. The minimum atomic E-state index is -4.38. The predicted octanol–water partition coefficient (Wildman–Crippen LogP) is 3.37. The van der Waals surface area contributed by atoms with Crippen molar-refractivity contribution in [2.45, 2.75) is 12.7 Å². The van der Waals surface area contributed by atoms with Crippen molar-refractivity contribution in [2.24, 2.45) is 4.99 Å². The molecule has 11 heteroatoms. The number of alkyl halides is 3. The first-order valence-electron chi connectivity index (χ1n) is 9.42. The molecule has 0 unspecified atom stereocenters. The summed E-state index contributed by atoms with van der Waals surface area (Å²) in [7, 11) is 1.66. The summed E-state index contributed by atoms with van der Waals surface area (Å²) < 4.78 is 46.9. The number of benzene rings is 1. The summed E-state index contributed by atoms with van der Waals surface area (Å²) in [5.41, 5.74) is 0.766. The molecule has 0 aliphatic carbocycles. The summed E-state index contributed by atoms with van der Waals surface area (Å²) in [5.74, 6) is 0.991. The van der Waals surface area contributed by atoms with E-state index in [1.54, 1.807) is 42.3 Å². The number of furan rings is 1. The quantitative estimate of drug-likeness (QED) is 0.350. The number of halogens is 4. The second kappa shape index (κ2) is 11.3. The zero-order valence-electron chi connectivity index (χ0n) is 16.9. The largest absolute Gasteiger partial charge is 0.484 e. The van der Waals surface area contributed by atoms with E-state index in [4.69, 9.17) is 9.15 Å². The van der Waals surface area contributed by atoms with Gasteiger partial charge in [-0.15, -0.1) is 24.0 Å². The Balaban J connectivity index is 0.00000341. The van der Waals surface area contributed by atoms with Gasteiger partial charge in [0.05, 0.1) is 6.26 Å². The van der Waals surface area contributed by atoms with Crippen molar-refractivity contribution in [1.29, 1.82) is 0 Å². The van der Waals surface area contributed by atoms with E-state index < -0.39 is 12.8 Å². The summed E-state index contributed by atoms with van der Waals surface area (Å²) in [4.78, 5) is 20.4. The highest BCUT2D eigenvalue weighted by Crippen LogP contribution is 2.19. The average molecular weight is 552 g/mol. The third kappa shape index (κ3) is 7.33. The number of ether oxygens (including phenoxy) is 1. The van der Waals surface area contributed by atoms with Gasteiger partial charge in [-0.3, -0.25) is 9.79 Å². The molecular formula is C20H24F3IN4O3. The topological polar surface area (TPSA) is 70.3 Å². The molecule has 1 aromatic carbocycles. The van der Waals surface area contributed by atoms with Gasteiger partial charge in [0.2, 0.25) is 0 Å². The van der Waals surface area contributed by atoms with Crippen LogP contribution in [0.4, 0.5) is 13.2 Å². The van der Waals surface area contributed by atoms with Crippen LogP contribution in [0.2, 0.25) is 0 Å². The summed E-state index contributed by atoms with van der Waals surface area (Å²) in [6, 6.07) is 9.80. The molecule has 2 aromatic rings. The fourth-order valence-electron chi connectivity index (χ4n) is 3.10. The number of piperazine rings is 1. The van der Waals surface area contributed by atoms with Crippen molar-refractivity contribution in [3.05, 3.63) is 54.0 Å². The van der Waals surface area contributed by atoms with Gasteiger partial charge in [0.1, 0.15) is 5.75 Å². The highest BCUT2D eigenvalue weighted by atomic mass is 127. The fraction of sp³-hybridized carbons (Fsp3) is 0.400. The van der Waals surface area contributed by atoms with Crippen LogP contribution in [0, 0.1) is 0 Å². The number of carbonyl (C=O) groups is 1. The number of aliphatic imine (C=N–C) groups is 1. The van der Waals surface area contributed by atoms with Crippen molar-refractivity contribution in [2.75, 3.05) is 39.8 Å². The van der Waals surface area contributed by atoms with Crippen molar-refractivity contribution in [3.8, 4) is 5.75 Å². The third-order valence-corrected chi connectivity index (χ3v) is 4.56. The van der Waals surface area contributed by atoms with E-state index in [9.17, 15) is 18.0 Å². The smallest absolute Gasteiger partial charge is 0.422 e. The first-order valence-corrected chi connectivity index (χ1v) is 9.42. The van der Waals surface area contributed by atoms with Crippen molar-refractivity contribution < 1.29 is 27.1 Å². The van der Waals surface area contributed by atoms with Gasteiger partial charge in [-0.2, -0.15) is 13.2 Å². The van der Waals surface area contributed by atoms with Gasteiger partial charge in [0.15, 0.2) is 18.3 Å². The Morgan fingerprint density at radius 1 is 1.16 bits per heavy atom. The van der Waals surface area contributed by atoms with Crippen LogP contribution in [0.5, 0.6) is 5.75 Å². The molecule has 3 rings (SSSR count). The minimum absolute atomic E-state index is 0. The molecule has 0 saturated carbocycles. The molecule has 1 fully saturated rings. The van der Waals surface area contributed by atoms with Crippen LogP contribution in [0.3, 0.4) is 0 Å². The van der Waals surface area contributed by atoms with Gasteiger partial charge in [-0.1, -0.05) is 12.1 Å². The van der Waals surface area contributed by atoms with Crippen LogP contribution in [0.15, 0.2) is 52.1 Å². The van der Waals surface area contributed by atoms with E-state index >= 15 is 0 Å². The number of hydrogen-bond acceptors (Lipinski definition) is 4. The zero-order valence-corrected chi connectivity index (χ0v) is 19.2. The van der Waals surface area contributed by atoms with Gasteiger partial charge >= 0.3 is 6.18 Å². The lowest BCUT2D eigenvalue weighted by molar-refractivity contribution is -0.153. The number of nitrogens with one attached hydrogen (secondary N) is 1. The van der Waals surface area contributed by atoms with Gasteiger partial charge < -0.3 is 24.3 Å². The first-order chi connectivity index (χ1) is 14.4. The van der Waals surface area contributed by atoms with Crippen molar-refractivity contribution >= 4 is 35.8 Å². The number of carbonyl (C=O) groups excluding carboxylic acids is 1. The summed E-state index contributed by atoms with van der Waals surface area (Å²) in [5, 5.41) is 3.20. The Bertz CT molecular complexity index is 867. The van der Waals surface area contributed by atoms with Crippen molar-refractivity contribution in [3.63, 3.8) is 0 Å². The predicted molar refractivity (Wildman–Crippen MR) is 120 cm³/mol. The van der Waals surface area contributed by atoms with E-state index in [1.165, 1.54) is 12.3 Å². The molecule has 1 aliphatic heterocycles. The number of hydrogen-bond donors (Lipinski definition) is 1. The van der Waals surface area contributed by atoms with Crippen LogP contribution in [0.25, 0.3) is 0 Å². The molecule has 2 heterocycles. The molecule has 1 N–H and O–H groups in total. The van der Waals surface area contributed by atoms with E-state index in [1.807, 2.05) is 4.90 Å². The summed E-state index contributed by atoms with van der Waals surface area (Å²) in [6.45, 7) is 1.30. The number of rotatable bonds is 5. The average Bonchev–Trinajstić information content (AvgIpc) is 3.27. The highest BCUT2D eigenvalue weighted by Gasteiger charge is 2.28. The molecule has 0 bridgehead atoms. The maximum atomic E-state index is 12.4. The molecule has 7 nitrogen and oxygen atoms in total. The highest BCUT2D eigenvalue weighted by molar-refractivity contribution is 14.0. The lowest BCUT2D eigenvalue weighted by atomic mass is 10.2. The van der Waals surface area contributed by atoms with Gasteiger partial charge in [-0.05, 0) is 29.8 Å². The van der Waals surface area contributed by atoms with Crippen LogP contribution < -0.4 is 10.1 Å². The Morgan fingerprint density at radius 3 is 2.48 bits per heavy atom. The Hall–Kier alpha value is -2.44. The standard InChI is InChI=1S/C20H23F3N4O3.HI/c1-24-19(25-13-15-4-2-5-16(12-15)30-14-20(21,22)23)27-9-7-26(8-10-27)18(28)17-6-3-11-29-17;/h2-6,11-12H,7-10,13-14H2,1H3,(H,24,25);1H. The van der Waals surface area contributed by atoms with Gasteiger partial charge in [0.25, 0.3) is 5.91 Å². The monoisotopic (exact) mass is 552 g/mol. The molecule has 0 spiro atoms. The molecule has 1 saturated heterocycles. The second-order valence-corrected chi connectivity index (χ2v) is 6.71. The van der Waals surface area contributed by atoms with Crippen LogP contribution >= 0.6 is 24.0 Å². The molecule has 0 radical (unpaired) electrons. The lowest BCUT2D eigenvalue weighted by Gasteiger charge is -2.36. The fourth-order valence-corrected chi connectivity index (χ4v) is 3.10. The Labute approximate surface area is 195 Å². The van der Waals surface area contributed by atoms with E-state index in [2.05, 4.69) is 10.3 Å². The van der Waals surface area contributed by atoms with Crippen LogP contribution in [-0.4, -0.2) is 67.7 Å². The molecule has 170 valence electrons. The zero-order chi connectivity index (χ0) is 21.6. The Kier molecular flexibility index (Phi) is 9.01. The maximum absolute atomic E-state index is 12.4. The van der Waals surface area contributed by atoms with Gasteiger partial charge in [0, 0.05) is 39.8 Å². The summed E-state index contributed by atoms with van der Waals surface area (Å²) >= 11 is 0. The second-order valence-electron chi connectivity index (χ2n) is 6.71. The SMILES string of the molecule is CN=C(NCc1cccc(OCC(F)(F)F)c1)N1CCN(C(=O)c2ccco2)CC1.I. The molecule has 1 amide bonds. The van der Waals surface area contributed by atoms with Crippen LogP contribution in [0.1, 0.15) is 16.1 Å². The van der Waals surface area contributed by atoms with E-state index in [0.717, 1.165) is 5.56 Å². The van der Waals surface area contributed by atoms with E-state index in [-0.39, 0.29) is 35.6 Å². The normalized spacial score (nSPS) is 14.8. The Morgan fingerprint density at radius 2 is 1.87 bits per heavy atom. The van der Waals surface area contributed by atoms with Crippen molar-refractivity contribution in [1.82, 2.24) is 15.1 Å². The molecule has 1 aliphatic rings. The van der Waals surface area contributed by atoms with E-state index in [0.29, 0.717) is 44.4 Å². The lowest BCUT2D eigenvalue weighted by Crippen LogP contribution is -2.53. The van der Waals surface area contributed by atoms with Gasteiger partial charge in [-0.25, -0.2) is 0 Å². The number of guanidine groups is 1. The molecule has 31 heavy (non-hydrogen) atoms. The third-order valence-electron chi connectivity index (χ3n) is 4.56.